The molecule has 3 nitrogen and oxygen atoms in total. The van der Waals surface area contributed by atoms with Crippen molar-refractivity contribution < 1.29 is 14.3 Å². The van der Waals surface area contributed by atoms with Gasteiger partial charge in [0, 0.05) is 6.42 Å². The van der Waals surface area contributed by atoms with Crippen LogP contribution in [0.1, 0.15) is 84.5 Å². The molecule has 0 aliphatic heterocycles. The normalized spacial score (nSPS) is 10.4. The number of ketones is 1. The number of ether oxygens (including phenoxy) is 1. The summed E-state index contributed by atoms with van der Waals surface area (Å²) in [6, 6.07) is 0. The molecule has 0 fully saturated rings. The zero-order valence-corrected chi connectivity index (χ0v) is 12.7. The Balaban J connectivity index is 3.22. The second-order valence-electron chi connectivity index (χ2n) is 5.08. The van der Waals surface area contributed by atoms with Crippen molar-refractivity contribution in [2.24, 2.45) is 0 Å². The third-order valence-corrected chi connectivity index (χ3v) is 3.26. The molecule has 0 aliphatic rings. The maximum Gasteiger partial charge on any atom is 0.374 e. The van der Waals surface area contributed by atoms with Crippen LogP contribution in [0.5, 0.6) is 0 Å². The van der Waals surface area contributed by atoms with Crippen molar-refractivity contribution in [1.82, 2.24) is 0 Å². The summed E-state index contributed by atoms with van der Waals surface area (Å²) < 4.78 is 4.66. The van der Waals surface area contributed by atoms with Gasteiger partial charge in [-0.15, -0.1) is 0 Å². The molecular formula is C16H30O3. The van der Waals surface area contributed by atoms with E-state index in [1.54, 1.807) is 6.92 Å². The Morgan fingerprint density at radius 2 is 1.21 bits per heavy atom. The number of Topliss-reactive ketones (excluding diaryl/α,β-unsaturated/α-hetero) is 1. The van der Waals surface area contributed by atoms with Crippen LogP contribution in [-0.4, -0.2) is 18.4 Å². The van der Waals surface area contributed by atoms with E-state index in [9.17, 15) is 9.59 Å². The van der Waals surface area contributed by atoms with E-state index in [0.29, 0.717) is 6.42 Å². The number of unbranched alkanes of at least 4 members (excludes halogenated alkanes) is 9. The minimum absolute atomic E-state index is 0.280. The molecule has 19 heavy (non-hydrogen) atoms. The summed E-state index contributed by atoms with van der Waals surface area (Å²) in [5, 5.41) is 0. The predicted octanol–water partition coefficient (Wildman–Crippen LogP) is 4.43. The van der Waals surface area contributed by atoms with Crippen LogP contribution in [0.15, 0.2) is 0 Å². The Bertz CT molecular complexity index is 236. The third-order valence-electron chi connectivity index (χ3n) is 3.26. The standard InChI is InChI=1S/C16H30O3/c1-3-5-6-7-8-9-10-11-12-13-14-15(17)16(18)19-4-2/h3-14H2,1-2H3. The monoisotopic (exact) mass is 270 g/mol. The van der Waals surface area contributed by atoms with E-state index in [1.807, 2.05) is 0 Å². The first-order chi connectivity index (χ1) is 9.22. The summed E-state index contributed by atoms with van der Waals surface area (Å²) in [6.07, 6.45) is 12.6. The lowest BCUT2D eigenvalue weighted by Crippen LogP contribution is -2.16. The molecule has 0 amide bonds. The fourth-order valence-corrected chi connectivity index (χ4v) is 2.09. The van der Waals surface area contributed by atoms with Crippen LogP contribution in [0, 0.1) is 0 Å². The Morgan fingerprint density at radius 1 is 0.737 bits per heavy atom. The quantitative estimate of drug-likeness (QED) is 0.282. The highest BCUT2D eigenvalue weighted by molar-refractivity contribution is 6.33. The van der Waals surface area contributed by atoms with Crippen molar-refractivity contribution >= 4 is 11.8 Å². The van der Waals surface area contributed by atoms with Gasteiger partial charge in [0.05, 0.1) is 6.61 Å². The molecule has 0 atom stereocenters. The lowest BCUT2D eigenvalue weighted by Gasteiger charge is -2.02. The van der Waals surface area contributed by atoms with E-state index in [4.69, 9.17) is 0 Å². The molecule has 0 spiro atoms. The fourth-order valence-electron chi connectivity index (χ4n) is 2.09. The zero-order valence-electron chi connectivity index (χ0n) is 12.7. The van der Waals surface area contributed by atoms with Gasteiger partial charge in [0.1, 0.15) is 0 Å². The van der Waals surface area contributed by atoms with Gasteiger partial charge in [-0.25, -0.2) is 4.79 Å². The molecule has 0 bridgehead atoms. The lowest BCUT2D eigenvalue weighted by molar-refractivity contribution is -0.153. The fraction of sp³-hybridized carbons (Fsp3) is 0.875. The first-order valence-corrected chi connectivity index (χ1v) is 7.92. The van der Waals surface area contributed by atoms with Crippen molar-refractivity contribution in [2.75, 3.05) is 6.61 Å². The number of carbonyl (C=O) groups excluding carboxylic acids is 2. The minimum atomic E-state index is -0.668. The first-order valence-electron chi connectivity index (χ1n) is 7.92. The van der Waals surface area contributed by atoms with E-state index in [2.05, 4.69) is 11.7 Å². The van der Waals surface area contributed by atoms with Gasteiger partial charge in [-0.2, -0.15) is 0 Å². The van der Waals surface area contributed by atoms with Crippen molar-refractivity contribution in [3.63, 3.8) is 0 Å². The molecule has 0 aromatic rings. The molecule has 0 N–H and O–H groups in total. The van der Waals surface area contributed by atoms with Crippen LogP contribution in [0.4, 0.5) is 0 Å². The highest BCUT2D eigenvalue weighted by Crippen LogP contribution is 2.11. The topological polar surface area (TPSA) is 43.4 Å². The number of hydrogen-bond acceptors (Lipinski definition) is 3. The second-order valence-corrected chi connectivity index (χ2v) is 5.08. The second kappa shape index (κ2) is 13.6. The average Bonchev–Trinajstić information content (AvgIpc) is 2.41. The molecule has 0 saturated carbocycles. The first kappa shape index (κ1) is 18.1. The van der Waals surface area contributed by atoms with Crippen LogP contribution >= 0.6 is 0 Å². The van der Waals surface area contributed by atoms with Crippen molar-refractivity contribution in [3.8, 4) is 0 Å². The van der Waals surface area contributed by atoms with Crippen molar-refractivity contribution in [3.05, 3.63) is 0 Å². The zero-order chi connectivity index (χ0) is 14.3. The smallest absolute Gasteiger partial charge is 0.374 e. The Labute approximate surface area is 118 Å². The molecule has 3 heteroatoms. The maximum absolute atomic E-state index is 11.3. The largest absolute Gasteiger partial charge is 0.460 e. The van der Waals surface area contributed by atoms with Crippen molar-refractivity contribution in [1.29, 1.82) is 0 Å². The van der Waals surface area contributed by atoms with Gasteiger partial charge >= 0.3 is 5.97 Å². The predicted molar refractivity (Wildman–Crippen MR) is 78.1 cm³/mol. The van der Waals surface area contributed by atoms with Crippen LogP contribution < -0.4 is 0 Å². The van der Waals surface area contributed by atoms with E-state index in [0.717, 1.165) is 12.8 Å². The van der Waals surface area contributed by atoms with Crippen LogP contribution in [0.2, 0.25) is 0 Å². The van der Waals surface area contributed by atoms with Crippen LogP contribution in [0.3, 0.4) is 0 Å². The van der Waals surface area contributed by atoms with Gasteiger partial charge in [-0.1, -0.05) is 64.7 Å². The van der Waals surface area contributed by atoms with Crippen LogP contribution in [-0.2, 0) is 14.3 Å². The number of rotatable bonds is 13. The molecule has 0 unspecified atom stereocenters. The van der Waals surface area contributed by atoms with E-state index < -0.39 is 5.97 Å². The van der Waals surface area contributed by atoms with E-state index in [-0.39, 0.29) is 12.4 Å². The highest BCUT2D eigenvalue weighted by Gasteiger charge is 2.13. The summed E-state index contributed by atoms with van der Waals surface area (Å²) in [6.45, 7) is 4.23. The molecule has 0 rings (SSSR count). The Kier molecular flexibility index (Phi) is 13.0. The molecule has 0 radical (unpaired) electrons. The molecule has 0 aliphatic carbocycles. The van der Waals surface area contributed by atoms with Gasteiger partial charge in [0.15, 0.2) is 0 Å². The lowest BCUT2D eigenvalue weighted by atomic mass is 10.1. The molecule has 0 saturated heterocycles. The Morgan fingerprint density at radius 3 is 1.68 bits per heavy atom. The number of hydrogen-bond donors (Lipinski definition) is 0. The van der Waals surface area contributed by atoms with E-state index >= 15 is 0 Å². The molecular weight excluding hydrogens is 240 g/mol. The van der Waals surface area contributed by atoms with Gasteiger partial charge in [0.25, 0.3) is 0 Å². The highest BCUT2D eigenvalue weighted by atomic mass is 16.5. The summed E-state index contributed by atoms with van der Waals surface area (Å²) in [5.41, 5.74) is 0. The van der Waals surface area contributed by atoms with Gasteiger partial charge < -0.3 is 4.74 Å². The van der Waals surface area contributed by atoms with Crippen LogP contribution in [0.25, 0.3) is 0 Å². The molecule has 0 heterocycles. The summed E-state index contributed by atoms with van der Waals surface area (Å²) in [5.74, 6) is -1.04. The van der Waals surface area contributed by atoms with E-state index in [1.165, 1.54) is 51.4 Å². The molecule has 0 aromatic heterocycles. The van der Waals surface area contributed by atoms with Gasteiger partial charge in [-0.05, 0) is 13.3 Å². The third kappa shape index (κ3) is 11.9. The van der Waals surface area contributed by atoms with Crippen molar-refractivity contribution in [2.45, 2.75) is 84.5 Å². The maximum atomic E-state index is 11.3. The molecule has 0 aromatic carbocycles. The SMILES string of the molecule is CCCCCCCCCCCCC(=O)C(=O)OCC. The summed E-state index contributed by atoms with van der Waals surface area (Å²) >= 11 is 0. The number of carbonyl (C=O) groups is 2. The molecule has 112 valence electrons. The minimum Gasteiger partial charge on any atom is -0.460 e. The summed E-state index contributed by atoms with van der Waals surface area (Å²) in [7, 11) is 0. The Hall–Kier alpha value is -0.860. The summed E-state index contributed by atoms with van der Waals surface area (Å²) in [4.78, 5) is 22.4. The van der Waals surface area contributed by atoms with Gasteiger partial charge in [0.2, 0.25) is 5.78 Å². The average molecular weight is 270 g/mol. The number of esters is 1. The van der Waals surface area contributed by atoms with Gasteiger partial charge in [-0.3, -0.25) is 4.79 Å².